The SMILES string of the molecule is CCOC(=O)C(C(=O)Nc1cnns1)C(C)(C)C. The summed E-state index contributed by atoms with van der Waals surface area (Å²) in [5, 5.41) is 6.75. The van der Waals surface area contributed by atoms with E-state index in [0.29, 0.717) is 5.00 Å². The number of ether oxygens (including phenoxy) is 1. The molecule has 18 heavy (non-hydrogen) atoms. The number of aromatic nitrogens is 2. The molecule has 1 amide bonds. The molecule has 0 saturated heterocycles. The molecule has 1 heterocycles. The Balaban J connectivity index is 2.83. The predicted molar refractivity (Wildman–Crippen MR) is 68.1 cm³/mol. The second kappa shape index (κ2) is 5.90. The van der Waals surface area contributed by atoms with E-state index in [1.807, 2.05) is 20.8 Å². The van der Waals surface area contributed by atoms with Gasteiger partial charge in [-0.2, -0.15) is 0 Å². The van der Waals surface area contributed by atoms with E-state index in [1.54, 1.807) is 6.92 Å². The minimum Gasteiger partial charge on any atom is -0.465 e. The Bertz CT molecular complexity index is 412. The maximum atomic E-state index is 12.1. The maximum absolute atomic E-state index is 12.1. The largest absolute Gasteiger partial charge is 0.465 e. The lowest BCUT2D eigenvalue weighted by molar-refractivity contribution is -0.155. The minimum atomic E-state index is -0.862. The lowest BCUT2D eigenvalue weighted by atomic mass is 9.80. The average molecular weight is 271 g/mol. The van der Waals surface area contributed by atoms with Crippen molar-refractivity contribution in [2.24, 2.45) is 11.3 Å². The molecular formula is C11H17N3O3S. The number of carbonyl (C=O) groups is 2. The van der Waals surface area contributed by atoms with E-state index in [2.05, 4.69) is 14.9 Å². The van der Waals surface area contributed by atoms with Crippen LogP contribution in [0, 0.1) is 11.3 Å². The summed E-state index contributed by atoms with van der Waals surface area (Å²) in [7, 11) is 0. The smallest absolute Gasteiger partial charge is 0.319 e. The van der Waals surface area contributed by atoms with Gasteiger partial charge < -0.3 is 10.1 Å². The molecule has 1 aromatic heterocycles. The quantitative estimate of drug-likeness (QED) is 0.666. The van der Waals surface area contributed by atoms with Crippen molar-refractivity contribution in [2.75, 3.05) is 11.9 Å². The molecule has 0 saturated carbocycles. The normalized spacial score (nSPS) is 12.9. The third-order valence-electron chi connectivity index (χ3n) is 2.26. The van der Waals surface area contributed by atoms with Crippen molar-refractivity contribution in [1.29, 1.82) is 0 Å². The van der Waals surface area contributed by atoms with Gasteiger partial charge in [0.15, 0.2) is 0 Å². The first-order chi connectivity index (χ1) is 8.36. The fourth-order valence-corrected chi connectivity index (χ4v) is 1.92. The highest BCUT2D eigenvalue weighted by Crippen LogP contribution is 2.28. The van der Waals surface area contributed by atoms with Gasteiger partial charge in [0, 0.05) is 11.5 Å². The van der Waals surface area contributed by atoms with Crippen LogP contribution < -0.4 is 5.32 Å². The molecular weight excluding hydrogens is 254 g/mol. The standard InChI is InChI=1S/C11H17N3O3S/c1-5-17-10(16)8(11(2,3)4)9(15)13-7-6-12-14-18-7/h6,8H,5H2,1-4H3,(H,13,15). The van der Waals surface area contributed by atoms with Crippen molar-refractivity contribution >= 4 is 28.4 Å². The van der Waals surface area contributed by atoms with Gasteiger partial charge in [-0.1, -0.05) is 25.3 Å². The van der Waals surface area contributed by atoms with E-state index in [9.17, 15) is 9.59 Å². The fraction of sp³-hybridized carbons (Fsp3) is 0.636. The van der Waals surface area contributed by atoms with Crippen LogP contribution in [0.5, 0.6) is 0 Å². The van der Waals surface area contributed by atoms with Crippen molar-refractivity contribution in [3.05, 3.63) is 6.20 Å². The number of anilines is 1. The Morgan fingerprint density at radius 2 is 2.17 bits per heavy atom. The van der Waals surface area contributed by atoms with E-state index in [1.165, 1.54) is 6.20 Å². The van der Waals surface area contributed by atoms with Crippen LogP contribution in [-0.2, 0) is 14.3 Å². The van der Waals surface area contributed by atoms with E-state index in [-0.39, 0.29) is 6.61 Å². The molecule has 0 aliphatic heterocycles. The molecule has 1 atom stereocenters. The number of hydrogen-bond acceptors (Lipinski definition) is 6. The van der Waals surface area contributed by atoms with Crippen LogP contribution in [0.3, 0.4) is 0 Å². The fourth-order valence-electron chi connectivity index (χ4n) is 1.50. The average Bonchev–Trinajstić information content (AvgIpc) is 2.68. The second-order valence-electron chi connectivity index (χ2n) is 4.82. The number of nitrogens with one attached hydrogen (secondary N) is 1. The van der Waals surface area contributed by atoms with Gasteiger partial charge in [-0.05, 0) is 12.3 Å². The van der Waals surface area contributed by atoms with Crippen LogP contribution in [0.4, 0.5) is 5.00 Å². The zero-order chi connectivity index (χ0) is 13.8. The number of hydrogen-bond donors (Lipinski definition) is 1. The van der Waals surface area contributed by atoms with E-state index in [0.717, 1.165) is 11.5 Å². The highest BCUT2D eigenvalue weighted by atomic mass is 32.1. The topological polar surface area (TPSA) is 81.2 Å². The van der Waals surface area contributed by atoms with Crippen molar-refractivity contribution in [3.63, 3.8) is 0 Å². The van der Waals surface area contributed by atoms with Crippen molar-refractivity contribution in [1.82, 2.24) is 9.59 Å². The number of carbonyl (C=O) groups excluding carboxylic acids is 2. The Morgan fingerprint density at radius 3 is 2.61 bits per heavy atom. The number of nitrogens with zero attached hydrogens (tertiary/aromatic N) is 2. The first-order valence-corrected chi connectivity index (χ1v) is 6.38. The van der Waals surface area contributed by atoms with Gasteiger partial charge in [-0.25, -0.2) is 0 Å². The molecule has 1 aromatic rings. The Hall–Kier alpha value is -1.50. The van der Waals surface area contributed by atoms with Crippen molar-refractivity contribution in [3.8, 4) is 0 Å². The van der Waals surface area contributed by atoms with Gasteiger partial charge in [0.05, 0.1) is 12.8 Å². The Kier molecular flexibility index (Phi) is 4.77. The maximum Gasteiger partial charge on any atom is 0.319 e. The van der Waals surface area contributed by atoms with Crippen LogP contribution in [0.1, 0.15) is 27.7 Å². The molecule has 0 aliphatic carbocycles. The van der Waals surface area contributed by atoms with Crippen LogP contribution in [-0.4, -0.2) is 28.1 Å². The molecule has 0 spiro atoms. The summed E-state index contributed by atoms with van der Waals surface area (Å²) in [5.74, 6) is -1.77. The first-order valence-electron chi connectivity index (χ1n) is 5.61. The van der Waals surface area contributed by atoms with Gasteiger partial charge in [0.1, 0.15) is 10.9 Å². The summed E-state index contributed by atoms with van der Waals surface area (Å²) in [6, 6.07) is 0. The van der Waals surface area contributed by atoms with Crippen LogP contribution in [0.25, 0.3) is 0 Å². The molecule has 6 nitrogen and oxygen atoms in total. The first kappa shape index (κ1) is 14.6. The molecule has 0 radical (unpaired) electrons. The van der Waals surface area contributed by atoms with Crippen LogP contribution in [0.2, 0.25) is 0 Å². The molecule has 100 valence electrons. The summed E-state index contributed by atoms with van der Waals surface area (Å²) in [5.41, 5.74) is -0.519. The van der Waals surface area contributed by atoms with Crippen LogP contribution in [0.15, 0.2) is 6.20 Å². The van der Waals surface area contributed by atoms with E-state index >= 15 is 0 Å². The summed E-state index contributed by atoms with van der Waals surface area (Å²) < 4.78 is 8.58. The van der Waals surface area contributed by atoms with E-state index < -0.39 is 23.2 Å². The molecule has 1 N–H and O–H groups in total. The van der Waals surface area contributed by atoms with Crippen molar-refractivity contribution in [2.45, 2.75) is 27.7 Å². The van der Waals surface area contributed by atoms with Crippen molar-refractivity contribution < 1.29 is 14.3 Å². The lowest BCUT2D eigenvalue weighted by Gasteiger charge is -2.27. The highest BCUT2D eigenvalue weighted by molar-refractivity contribution is 7.10. The number of esters is 1. The molecule has 1 unspecified atom stereocenters. The van der Waals surface area contributed by atoms with Gasteiger partial charge in [-0.15, -0.1) is 5.10 Å². The molecule has 0 bridgehead atoms. The summed E-state index contributed by atoms with van der Waals surface area (Å²) in [6.07, 6.45) is 1.44. The van der Waals surface area contributed by atoms with Crippen LogP contribution >= 0.6 is 11.5 Å². The highest BCUT2D eigenvalue weighted by Gasteiger charge is 2.39. The monoisotopic (exact) mass is 271 g/mol. The molecule has 0 fully saturated rings. The zero-order valence-electron chi connectivity index (χ0n) is 10.9. The molecule has 7 heteroatoms. The summed E-state index contributed by atoms with van der Waals surface area (Å²) >= 11 is 1.06. The third-order valence-corrected chi connectivity index (χ3v) is 2.84. The zero-order valence-corrected chi connectivity index (χ0v) is 11.7. The van der Waals surface area contributed by atoms with E-state index in [4.69, 9.17) is 4.74 Å². The third kappa shape index (κ3) is 3.76. The Morgan fingerprint density at radius 1 is 1.50 bits per heavy atom. The van der Waals surface area contributed by atoms with Gasteiger partial charge in [0.25, 0.3) is 0 Å². The number of rotatable bonds is 4. The van der Waals surface area contributed by atoms with Gasteiger partial charge in [0.2, 0.25) is 5.91 Å². The predicted octanol–water partition coefficient (Wildman–Crippen LogP) is 1.70. The van der Waals surface area contributed by atoms with Gasteiger partial charge in [-0.3, -0.25) is 9.59 Å². The summed E-state index contributed by atoms with van der Waals surface area (Å²) in [4.78, 5) is 24.0. The Labute approximate surface area is 110 Å². The molecule has 0 aromatic carbocycles. The second-order valence-corrected chi connectivity index (χ2v) is 5.61. The minimum absolute atomic E-state index is 0.251. The van der Waals surface area contributed by atoms with Gasteiger partial charge >= 0.3 is 5.97 Å². The molecule has 0 aliphatic rings. The summed E-state index contributed by atoms with van der Waals surface area (Å²) in [6.45, 7) is 7.42. The molecule has 1 rings (SSSR count). The lowest BCUT2D eigenvalue weighted by Crippen LogP contribution is -2.40. The number of amides is 1.